The Morgan fingerprint density at radius 2 is 1.69 bits per heavy atom. The van der Waals surface area contributed by atoms with E-state index < -0.39 is 15.8 Å². The fraction of sp³-hybridized carbons (Fsp3) is 0.261. The van der Waals surface area contributed by atoms with Crippen LogP contribution >= 0.6 is 0 Å². The number of nitrogens with zero attached hydrogens (tertiary/aromatic N) is 4. The number of hydrogen-bond acceptors (Lipinski definition) is 8. The number of primary sulfonamides is 1. The summed E-state index contributed by atoms with van der Waals surface area (Å²) in [7, 11) is -1.88. The fourth-order valence-corrected chi connectivity index (χ4v) is 4.46. The molecule has 184 valence electrons. The molecule has 0 spiro atoms. The van der Waals surface area contributed by atoms with E-state index in [-0.39, 0.29) is 22.6 Å². The van der Waals surface area contributed by atoms with Crippen molar-refractivity contribution in [3.8, 4) is 0 Å². The summed E-state index contributed by atoms with van der Waals surface area (Å²) in [5.41, 5.74) is 1.96. The summed E-state index contributed by atoms with van der Waals surface area (Å²) in [6.07, 6.45) is 0.998. The molecule has 0 radical (unpaired) electrons. The molecule has 1 aliphatic rings. The van der Waals surface area contributed by atoms with Crippen LogP contribution in [0.25, 0.3) is 0 Å². The van der Waals surface area contributed by atoms with Crippen LogP contribution in [-0.2, 0) is 10.0 Å². The van der Waals surface area contributed by atoms with E-state index in [1.165, 1.54) is 6.07 Å². The lowest BCUT2D eigenvalue weighted by atomic mass is 10.1. The Morgan fingerprint density at radius 3 is 2.34 bits per heavy atom. The summed E-state index contributed by atoms with van der Waals surface area (Å²) in [6.45, 7) is 4.65. The molecule has 1 fully saturated rings. The van der Waals surface area contributed by atoms with E-state index in [9.17, 15) is 17.6 Å². The van der Waals surface area contributed by atoms with Crippen molar-refractivity contribution < 1.29 is 17.6 Å². The van der Waals surface area contributed by atoms with Gasteiger partial charge in [0.25, 0.3) is 5.91 Å². The smallest absolute Gasteiger partial charge is 0.253 e. The largest absolute Gasteiger partial charge is 0.338 e. The number of anilines is 4. The van der Waals surface area contributed by atoms with E-state index in [1.807, 2.05) is 11.9 Å². The Hall–Kier alpha value is -3.61. The molecular weight excluding hydrogens is 473 g/mol. The Kier molecular flexibility index (Phi) is 6.96. The zero-order chi connectivity index (χ0) is 25.2. The molecule has 12 heteroatoms. The van der Waals surface area contributed by atoms with Crippen molar-refractivity contribution in [3.63, 3.8) is 0 Å². The summed E-state index contributed by atoms with van der Waals surface area (Å²) in [4.78, 5) is 24.7. The normalized spacial score (nSPS) is 14.6. The topological polar surface area (TPSA) is 134 Å². The average molecular weight is 500 g/mol. The van der Waals surface area contributed by atoms with Gasteiger partial charge in [-0.2, -0.15) is 4.98 Å². The van der Waals surface area contributed by atoms with Crippen molar-refractivity contribution in [2.24, 2.45) is 5.14 Å². The number of hydrogen-bond donors (Lipinski definition) is 3. The number of nitrogens with two attached hydrogens (primary N) is 1. The fourth-order valence-electron chi connectivity index (χ4n) is 3.65. The van der Waals surface area contributed by atoms with Gasteiger partial charge in [0.2, 0.25) is 16.0 Å². The molecule has 3 aromatic rings. The number of aryl methyl sites for hydroxylation is 1. The molecule has 0 atom stereocenters. The number of sulfonamides is 1. The first-order valence-electron chi connectivity index (χ1n) is 10.9. The lowest BCUT2D eigenvalue weighted by molar-refractivity contribution is 0.0664. The van der Waals surface area contributed by atoms with Gasteiger partial charge in [-0.1, -0.05) is 6.07 Å². The second-order valence-corrected chi connectivity index (χ2v) is 9.87. The maximum Gasteiger partial charge on any atom is 0.253 e. The number of piperazine rings is 1. The van der Waals surface area contributed by atoms with Gasteiger partial charge in [-0.05, 0) is 55.9 Å². The van der Waals surface area contributed by atoms with Gasteiger partial charge < -0.3 is 20.4 Å². The van der Waals surface area contributed by atoms with Crippen molar-refractivity contribution in [1.29, 1.82) is 0 Å². The van der Waals surface area contributed by atoms with Gasteiger partial charge in [0.05, 0.1) is 11.1 Å². The summed E-state index contributed by atoms with van der Waals surface area (Å²) >= 11 is 0. The van der Waals surface area contributed by atoms with Crippen LogP contribution in [0.15, 0.2) is 53.6 Å². The molecule has 0 aliphatic carbocycles. The zero-order valence-corrected chi connectivity index (χ0v) is 20.1. The third-order valence-corrected chi connectivity index (χ3v) is 6.73. The van der Waals surface area contributed by atoms with Crippen molar-refractivity contribution >= 4 is 39.1 Å². The van der Waals surface area contributed by atoms with Crippen molar-refractivity contribution in [2.75, 3.05) is 43.9 Å². The van der Waals surface area contributed by atoms with E-state index in [0.717, 1.165) is 19.3 Å². The number of carbonyl (C=O) groups excluding carboxylic acids is 1. The van der Waals surface area contributed by atoms with Gasteiger partial charge in [0.1, 0.15) is 0 Å². The number of nitrogens with one attached hydrogen (secondary N) is 2. The first-order valence-corrected chi connectivity index (χ1v) is 12.4. The maximum absolute atomic E-state index is 14.4. The van der Waals surface area contributed by atoms with Crippen LogP contribution in [0.5, 0.6) is 0 Å². The summed E-state index contributed by atoms with van der Waals surface area (Å²) in [5, 5.41) is 11.0. The predicted octanol–water partition coefficient (Wildman–Crippen LogP) is 2.45. The highest BCUT2D eigenvalue weighted by atomic mass is 32.2. The summed E-state index contributed by atoms with van der Waals surface area (Å²) in [6, 6.07) is 11.3. The predicted molar refractivity (Wildman–Crippen MR) is 131 cm³/mol. The van der Waals surface area contributed by atoms with Crippen molar-refractivity contribution in [2.45, 2.75) is 11.8 Å². The zero-order valence-electron chi connectivity index (χ0n) is 19.3. The second kappa shape index (κ2) is 9.94. The highest BCUT2D eigenvalue weighted by Crippen LogP contribution is 2.24. The van der Waals surface area contributed by atoms with Gasteiger partial charge in [-0.15, -0.1) is 0 Å². The minimum absolute atomic E-state index is 0.0332. The van der Waals surface area contributed by atoms with Gasteiger partial charge in [0.15, 0.2) is 11.6 Å². The summed E-state index contributed by atoms with van der Waals surface area (Å²) < 4.78 is 37.9. The van der Waals surface area contributed by atoms with Gasteiger partial charge in [-0.25, -0.2) is 22.9 Å². The molecule has 4 rings (SSSR count). The monoisotopic (exact) mass is 499 g/mol. The molecule has 0 saturated carbocycles. The maximum atomic E-state index is 14.4. The molecular formula is C23H26FN7O3S. The number of aromatic nitrogens is 2. The lowest BCUT2D eigenvalue weighted by Crippen LogP contribution is -2.47. The number of amides is 1. The van der Waals surface area contributed by atoms with Crippen LogP contribution in [0, 0.1) is 12.7 Å². The number of halogens is 1. The molecule has 2 heterocycles. The molecule has 0 unspecified atom stereocenters. The number of likely N-dealkylation sites (N-methyl/N-ethyl adjacent to an activating group) is 1. The van der Waals surface area contributed by atoms with E-state index in [4.69, 9.17) is 5.14 Å². The highest BCUT2D eigenvalue weighted by molar-refractivity contribution is 7.89. The molecule has 10 nitrogen and oxygen atoms in total. The number of carbonyl (C=O) groups is 1. The Morgan fingerprint density at radius 1 is 1.03 bits per heavy atom. The first-order chi connectivity index (χ1) is 16.6. The first kappa shape index (κ1) is 24.5. The number of benzene rings is 2. The Labute approximate surface area is 203 Å². The van der Waals surface area contributed by atoms with E-state index >= 15 is 0 Å². The molecule has 35 heavy (non-hydrogen) atoms. The van der Waals surface area contributed by atoms with Crippen LogP contribution in [0.2, 0.25) is 0 Å². The second-order valence-electron chi connectivity index (χ2n) is 8.34. The SMILES string of the molecule is Cc1ccc(Nc2ncc(F)c(Nc3ccc(C(=O)N4CCN(C)CC4)cc3)n2)cc1S(N)(=O)=O. The van der Waals surface area contributed by atoms with Crippen LogP contribution in [0.1, 0.15) is 15.9 Å². The Balaban J connectivity index is 1.47. The Bertz CT molecular complexity index is 1340. The molecule has 2 aromatic carbocycles. The van der Waals surface area contributed by atoms with Gasteiger partial charge in [0, 0.05) is 43.1 Å². The van der Waals surface area contributed by atoms with Crippen molar-refractivity contribution in [3.05, 3.63) is 65.6 Å². The van der Waals surface area contributed by atoms with Crippen LogP contribution in [0.3, 0.4) is 0 Å². The molecule has 1 amide bonds. The molecule has 1 aliphatic heterocycles. The molecule has 1 aromatic heterocycles. The number of rotatable bonds is 6. The van der Waals surface area contributed by atoms with E-state index in [1.54, 1.807) is 43.3 Å². The third-order valence-electron chi connectivity index (χ3n) is 5.68. The quantitative estimate of drug-likeness (QED) is 0.471. The van der Waals surface area contributed by atoms with E-state index in [2.05, 4.69) is 25.5 Å². The molecule has 1 saturated heterocycles. The van der Waals surface area contributed by atoms with Crippen LogP contribution in [0.4, 0.5) is 27.5 Å². The van der Waals surface area contributed by atoms with E-state index in [0.29, 0.717) is 35.6 Å². The minimum Gasteiger partial charge on any atom is -0.338 e. The van der Waals surface area contributed by atoms with Crippen molar-refractivity contribution in [1.82, 2.24) is 19.8 Å². The lowest BCUT2D eigenvalue weighted by Gasteiger charge is -2.32. The minimum atomic E-state index is -3.91. The van der Waals surface area contributed by atoms with Gasteiger partial charge in [-0.3, -0.25) is 4.79 Å². The third kappa shape index (κ3) is 5.91. The standard InChI is InChI=1S/C23H26FN7O3S/c1-15-3-6-18(13-20(15)35(25,33)34)28-23-26-14-19(24)21(29-23)27-17-7-4-16(5-8-17)22(32)31-11-9-30(2)10-12-31/h3-8,13-14H,9-12H2,1-2H3,(H2,25,33,34)(H2,26,27,28,29). The van der Waals surface area contributed by atoms with Gasteiger partial charge >= 0.3 is 0 Å². The van der Waals surface area contributed by atoms with Crippen LogP contribution < -0.4 is 15.8 Å². The van der Waals surface area contributed by atoms with Crippen LogP contribution in [-0.4, -0.2) is 67.3 Å². The highest BCUT2D eigenvalue weighted by Gasteiger charge is 2.20. The average Bonchev–Trinajstić information content (AvgIpc) is 2.82. The summed E-state index contributed by atoms with van der Waals surface area (Å²) in [5.74, 6) is -0.747. The molecule has 0 bridgehead atoms. The molecule has 4 N–H and O–H groups in total.